The van der Waals surface area contributed by atoms with E-state index in [1.807, 2.05) is 51.9 Å². The van der Waals surface area contributed by atoms with E-state index in [-0.39, 0.29) is 23.9 Å². The number of furan rings is 1. The molecule has 1 aromatic heterocycles. The lowest BCUT2D eigenvalue weighted by molar-refractivity contribution is -0.144. The second-order valence-electron chi connectivity index (χ2n) is 7.65. The van der Waals surface area contributed by atoms with E-state index >= 15 is 0 Å². The number of nitrogens with one attached hydrogen (secondary N) is 1. The van der Waals surface area contributed by atoms with Crippen LogP contribution in [0.4, 0.5) is 0 Å². The zero-order valence-electron chi connectivity index (χ0n) is 15.3. The van der Waals surface area contributed by atoms with Gasteiger partial charge in [0.25, 0.3) is 0 Å². The molecule has 24 heavy (non-hydrogen) atoms. The molecule has 1 saturated heterocycles. The highest BCUT2D eigenvalue weighted by atomic mass is 16.3. The first-order valence-electron chi connectivity index (χ1n) is 8.50. The molecule has 0 radical (unpaired) electrons. The van der Waals surface area contributed by atoms with Gasteiger partial charge < -0.3 is 14.6 Å². The van der Waals surface area contributed by atoms with E-state index in [0.717, 1.165) is 18.6 Å². The van der Waals surface area contributed by atoms with Crippen LogP contribution in [-0.4, -0.2) is 54.8 Å². The molecule has 0 aliphatic carbocycles. The molecule has 1 aliphatic heterocycles. The summed E-state index contributed by atoms with van der Waals surface area (Å²) >= 11 is 0. The van der Waals surface area contributed by atoms with Gasteiger partial charge in [-0.05, 0) is 39.1 Å². The number of rotatable bonds is 5. The average Bonchev–Trinajstić information content (AvgIpc) is 3.16. The zero-order chi connectivity index (χ0) is 17.9. The predicted molar refractivity (Wildman–Crippen MR) is 92.3 cm³/mol. The molecular weight excluding hydrogens is 306 g/mol. The van der Waals surface area contributed by atoms with Gasteiger partial charge in [0, 0.05) is 18.5 Å². The third-order valence-corrected chi connectivity index (χ3v) is 4.42. The second-order valence-corrected chi connectivity index (χ2v) is 7.65. The molecule has 1 aliphatic rings. The van der Waals surface area contributed by atoms with Crippen molar-refractivity contribution < 1.29 is 14.0 Å². The lowest BCUT2D eigenvalue weighted by Gasteiger charge is -2.31. The van der Waals surface area contributed by atoms with E-state index in [2.05, 4.69) is 5.32 Å². The SMILES string of the molecule is CN(C)[C@H](CNC(=O)[C@H]1CCCN1C(=O)C(C)(C)C)c1ccco1. The molecule has 2 rings (SSSR count). The van der Waals surface area contributed by atoms with Crippen LogP contribution < -0.4 is 5.32 Å². The Labute approximate surface area is 144 Å². The van der Waals surface area contributed by atoms with Crippen LogP contribution in [0.3, 0.4) is 0 Å². The van der Waals surface area contributed by atoms with Gasteiger partial charge in [-0.25, -0.2) is 0 Å². The van der Waals surface area contributed by atoms with Gasteiger partial charge in [-0.2, -0.15) is 0 Å². The number of carbonyl (C=O) groups excluding carboxylic acids is 2. The first-order valence-corrected chi connectivity index (χ1v) is 8.50. The average molecular weight is 335 g/mol. The van der Waals surface area contributed by atoms with Crippen molar-refractivity contribution in [3.8, 4) is 0 Å². The third-order valence-electron chi connectivity index (χ3n) is 4.42. The molecular formula is C18H29N3O3. The predicted octanol–water partition coefficient (Wildman–Crippen LogP) is 2.04. The van der Waals surface area contributed by atoms with Gasteiger partial charge in [-0.1, -0.05) is 20.8 Å². The van der Waals surface area contributed by atoms with Crippen molar-refractivity contribution in [1.29, 1.82) is 0 Å². The molecule has 0 unspecified atom stereocenters. The molecule has 2 heterocycles. The summed E-state index contributed by atoms with van der Waals surface area (Å²) in [6.07, 6.45) is 3.23. The molecule has 0 saturated carbocycles. The summed E-state index contributed by atoms with van der Waals surface area (Å²) in [6.45, 7) is 6.78. The number of hydrogen-bond acceptors (Lipinski definition) is 4. The Bertz CT molecular complexity index is 561. The molecule has 134 valence electrons. The largest absolute Gasteiger partial charge is 0.468 e. The van der Waals surface area contributed by atoms with Crippen LogP contribution in [0, 0.1) is 5.41 Å². The summed E-state index contributed by atoms with van der Waals surface area (Å²) in [6, 6.07) is 3.35. The highest BCUT2D eigenvalue weighted by Gasteiger charge is 2.38. The normalized spacial score (nSPS) is 19.6. The zero-order valence-corrected chi connectivity index (χ0v) is 15.3. The quantitative estimate of drug-likeness (QED) is 0.894. The van der Waals surface area contributed by atoms with Crippen LogP contribution in [0.2, 0.25) is 0 Å². The number of nitrogens with zero attached hydrogens (tertiary/aromatic N) is 2. The van der Waals surface area contributed by atoms with Gasteiger partial charge in [-0.15, -0.1) is 0 Å². The van der Waals surface area contributed by atoms with Crippen molar-refractivity contribution in [1.82, 2.24) is 15.1 Å². The van der Waals surface area contributed by atoms with E-state index in [9.17, 15) is 9.59 Å². The maximum absolute atomic E-state index is 12.6. The van der Waals surface area contributed by atoms with E-state index < -0.39 is 5.41 Å². The van der Waals surface area contributed by atoms with Gasteiger partial charge in [0.15, 0.2) is 0 Å². The molecule has 0 bridgehead atoms. The van der Waals surface area contributed by atoms with Crippen molar-refractivity contribution in [2.45, 2.75) is 45.7 Å². The molecule has 0 spiro atoms. The first-order chi connectivity index (χ1) is 11.2. The number of likely N-dealkylation sites (N-methyl/N-ethyl adjacent to an activating group) is 1. The van der Waals surface area contributed by atoms with Crippen LogP contribution >= 0.6 is 0 Å². The van der Waals surface area contributed by atoms with Crippen LogP contribution in [0.15, 0.2) is 22.8 Å². The lowest BCUT2D eigenvalue weighted by Crippen LogP contribution is -2.50. The number of likely N-dealkylation sites (tertiary alicyclic amines) is 1. The number of carbonyl (C=O) groups is 2. The standard InChI is InChI=1S/C18H29N3O3/c1-18(2,3)17(23)21-10-6-8-13(21)16(22)19-12-14(20(4)5)15-9-7-11-24-15/h7,9,11,13-14H,6,8,10,12H2,1-5H3,(H,19,22)/t13-,14-/m1/s1. The van der Waals surface area contributed by atoms with Crippen LogP contribution in [0.5, 0.6) is 0 Å². The Morgan fingerprint density at radius 2 is 2.12 bits per heavy atom. The molecule has 2 amide bonds. The summed E-state index contributed by atoms with van der Waals surface area (Å²) in [5, 5.41) is 3.00. The van der Waals surface area contributed by atoms with Gasteiger partial charge in [-0.3, -0.25) is 14.5 Å². The van der Waals surface area contributed by atoms with Crippen molar-refractivity contribution in [2.24, 2.45) is 5.41 Å². The summed E-state index contributed by atoms with van der Waals surface area (Å²) in [7, 11) is 3.90. The maximum Gasteiger partial charge on any atom is 0.242 e. The van der Waals surface area contributed by atoms with E-state index in [1.165, 1.54) is 0 Å². The Morgan fingerprint density at radius 3 is 2.67 bits per heavy atom. The summed E-state index contributed by atoms with van der Waals surface area (Å²) in [5.41, 5.74) is -0.469. The van der Waals surface area contributed by atoms with Crippen LogP contribution in [0.1, 0.15) is 45.4 Å². The highest BCUT2D eigenvalue weighted by molar-refractivity contribution is 5.90. The fourth-order valence-electron chi connectivity index (χ4n) is 3.05. The van der Waals surface area contributed by atoms with Crippen LogP contribution in [-0.2, 0) is 9.59 Å². The highest BCUT2D eigenvalue weighted by Crippen LogP contribution is 2.26. The summed E-state index contributed by atoms with van der Waals surface area (Å²) in [4.78, 5) is 28.9. The van der Waals surface area contributed by atoms with E-state index in [1.54, 1.807) is 11.2 Å². The minimum atomic E-state index is -0.469. The minimum absolute atomic E-state index is 0.0304. The Hall–Kier alpha value is -1.82. The van der Waals surface area contributed by atoms with E-state index in [0.29, 0.717) is 13.1 Å². The van der Waals surface area contributed by atoms with Crippen molar-refractivity contribution in [2.75, 3.05) is 27.2 Å². The molecule has 0 aromatic carbocycles. The fraction of sp³-hybridized carbons (Fsp3) is 0.667. The lowest BCUT2D eigenvalue weighted by atomic mass is 9.94. The summed E-state index contributed by atoms with van der Waals surface area (Å²) in [5.74, 6) is 0.771. The molecule has 1 fully saturated rings. The van der Waals surface area contributed by atoms with E-state index in [4.69, 9.17) is 4.42 Å². The number of hydrogen-bond donors (Lipinski definition) is 1. The van der Waals surface area contributed by atoms with Gasteiger partial charge >= 0.3 is 0 Å². The fourth-order valence-corrected chi connectivity index (χ4v) is 3.05. The Kier molecular flexibility index (Phi) is 5.70. The van der Waals surface area contributed by atoms with Gasteiger partial charge in [0.1, 0.15) is 11.8 Å². The van der Waals surface area contributed by atoms with Gasteiger partial charge in [0.05, 0.1) is 12.3 Å². The second kappa shape index (κ2) is 7.38. The maximum atomic E-state index is 12.6. The molecule has 1 N–H and O–H groups in total. The van der Waals surface area contributed by atoms with Crippen molar-refractivity contribution >= 4 is 11.8 Å². The number of amides is 2. The minimum Gasteiger partial charge on any atom is -0.468 e. The van der Waals surface area contributed by atoms with Crippen LogP contribution in [0.25, 0.3) is 0 Å². The molecule has 1 aromatic rings. The smallest absolute Gasteiger partial charge is 0.242 e. The summed E-state index contributed by atoms with van der Waals surface area (Å²) < 4.78 is 5.46. The molecule has 2 atom stereocenters. The Morgan fingerprint density at radius 1 is 1.42 bits per heavy atom. The van der Waals surface area contributed by atoms with Crippen molar-refractivity contribution in [3.63, 3.8) is 0 Å². The van der Waals surface area contributed by atoms with Gasteiger partial charge in [0.2, 0.25) is 11.8 Å². The van der Waals surface area contributed by atoms with Crippen molar-refractivity contribution in [3.05, 3.63) is 24.2 Å². The molecule has 6 nitrogen and oxygen atoms in total. The Balaban J connectivity index is 1.99. The first kappa shape index (κ1) is 18.5. The third kappa shape index (κ3) is 4.17. The molecule has 6 heteroatoms. The monoisotopic (exact) mass is 335 g/mol. The topological polar surface area (TPSA) is 65.8 Å².